The standard InChI is InChI=1S/C11H21N3/c1-3-13-11(8-12)6-7-14(2)9-10-4-5-10/h10-11,13H,3-7,9H2,1-2H3. The highest BCUT2D eigenvalue weighted by Crippen LogP contribution is 2.29. The first-order valence-corrected chi connectivity index (χ1v) is 5.57. The van der Waals surface area contributed by atoms with Crippen LogP contribution in [0.2, 0.25) is 0 Å². The van der Waals surface area contributed by atoms with Gasteiger partial charge in [-0.1, -0.05) is 6.92 Å². The second kappa shape index (κ2) is 6.00. The van der Waals surface area contributed by atoms with Crippen molar-refractivity contribution in [3.8, 4) is 6.07 Å². The van der Waals surface area contributed by atoms with Gasteiger partial charge >= 0.3 is 0 Å². The fraction of sp³-hybridized carbons (Fsp3) is 0.909. The molecule has 1 rings (SSSR count). The third-order valence-corrected chi connectivity index (χ3v) is 2.67. The predicted octanol–water partition coefficient (Wildman–Crippen LogP) is 1.22. The molecule has 1 aliphatic carbocycles. The van der Waals surface area contributed by atoms with Crippen molar-refractivity contribution in [1.82, 2.24) is 10.2 Å². The highest BCUT2D eigenvalue weighted by Gasteiger charge is 2.22. The van der Waals surface area contributed by atoms with E-state index in [0.717, 1.165) is 25.4 Å². The van der Waals surface area contributed by atoms with E-state index >= 15 is 0 Å². The molecular weight excluding hydrogens is 174 g/mol. The normalized spacial score (nSPS) is 18.1. The molecule has 1 N–H and O–H groups in total. The molecule has 0 heterocycles. The number of hydrogen-bond acceptors (Lipinski definition) is 3. The SMILES string of the molecule is CCNC(C#N)CCN(C)CC1CC1. The van der Waals surface area contributed by atoms with Crippen LogP contribution in [0.3, 0.4) is 0 Å². The lowest BCUT2D eigenvalue weighted by molar-refractivity contribution is 0.306. The van der Waals surface area contributed by atoms with E-state index in [9.17, 15) is 0 Å². The maximum Gasteiger partial charge on any atom is 0.0965 e. The smallest absolute Gasteiger partial charge is 0.0965 e. The van der Waals surface area contributed by atoms with Gasteiger partial charge in [0.1, 0.15) is 0 Å². The predicted molar refractivity (Wildman–Crippen MR) is 57.9 cm³/mol. The Balaban J connectivity index is 2.07. The van der Waals surface area contributed by atoms with E-state index in [1.165, 1.54) is 19.4 Å². The molecule has 1 aliphatic rings. The van der Waals surface area contributed by atoms with E-state index < -0.39 is 0 Å². The lowest BCUT2D eigenvalue weighted by atomic mass is 10.2. The van der Waals surface area contributed by atoms with Gasteiger partial charge in [-0.2, -0.15) is 5.26 Å². The van der Waals surface area contributed by atoms with Crippen molar-refractivity contribution in [2.24, 2.45) is 5.92 Å². The van der Waals surface area contributed by atoms with Crippen molar-refractivity contribution in [2.75, 3.05) is 26.7 Å². The first kappa shape index (κ1) is 11.5. The highest BCUT2D eigenvalue weighted by atomic mass is 15.1. The zero-order valence-electron chi connectivity index (χ0n) is 9.29. The Bertz CT molecular complexity index is 193. The molecule has 0 aromatic rings. The molecule has 0 spiro atoms. The van der Waals surface area contributed by atoms with Gasteiger partial charge in [-0.15, -0.1) is 0 Å². The summed E-state index contributed by atoms with van der Waals surface area (Å²) < 4.78 is 0. The monoisotopic (exact) mass is 195 g/mol. The van der Waals surface area contributed by atoms with Crippen LogP contribution in [0.4, 0.5) is 0 Å². The molecule has 1 unspecified atom stereocenters. The first-order valence-electron chi connectivity index (χ1n) is 5.57. The Labute approximate surface area is 87.1 Å². The fourth-order valence-electron chi connectivity index (χ4n) is 1.64. The van der Waals surface area contributed by atoms with Crippen LogP contribution in [-0.4, -0.2) is 37.6 Å². The Morgan fingerprint density at radius 2 is 2.29 bits per heavy atom. The maximum atomic E-state index is 8.83. The number of nitrogens with one attached hydrogen (secondary N) is 1. The molecule has 0 aliphatic heterocycles. The molecule has 0 amide bonds. The summed E-state index contributed by atoms with van der Waals surface area (Å²) in [6, 6.07) is 2.32. The number of nitriles is 1. The molecule has 0 aromatic heterocycles. The summed E-state index contributed by atoms with van der Waals surface area (Å²) in [5.41, 5.74) is 0. The first-order chi connectivity index (χ1) is 6.76. The molecule has 0 radical (unpaired) electrons. The minimum Gasteiger partial charge on any atom is -0.306 e. The number of nitrogens with zero attached hydrogens (tertiary/aromatic N) is 2. The minimum atomic E-state index is 0.0293. The fourth-order valence-corrected chi connectivity index (χ4v) is 1.64. The average molecular weight is 195 g/mol. The van der Waals surface area contributed by atoms with Gasteiger partial charge in [-0.05, 0) is 38.8 Å². The lowest BCUT2D eigenvalue weighted by Gasteiger charge is -2.18. The van der Waals surface area contributed by atoms with Crippen molar-refractivity contribution in [3.05, 3.63) is 0 Å². The molecule has 0 saturated heterocycles. The largest absolute Gasteiger partial charge is 0.306 e. The maximum absolute atomic E-state index is 8.83. The van der Waals surface area contributed by atoms with Crippen LogP contribution in [0.25, 0.3) is 0 Å². The van der Waals surface area contributed by atoms with Crippen molar-refractivity contribution in [3.63, 3.8) is 0 Å². The summed E-state index contributed by atoms with van der Waals surface area (Å²) in [4.78, 5) is 2.35. The van der Waals surface area contributed by atoms with Gasteiger partial charge in [0, 0.05) is 13.1 Å². The second-order valence-electron chi connectivity index (χ2n) is 4.23. The van der Waals surface area contributed by atoms with Gasteiger partial charge in [0.05, 0.1) is 12.1 Å². The van der Waals surface area contributed by atoms with Gasteiger partial charge in [-0.3, -0.25) is 0 Å². The summed E-state index contributed by atoms with van der Waals surface area (Å²) in [5.74, 6) is 0.944. The summed E-state index contributed by atoms with van der Waals surface area (Å²) in [6.45, 7) is 5.16. The van der Waals surface area contributed by atoms with Crippen LogP contribution in [-0.2, 0) is 0 Å². The highest BCUT2D eigenvalue weighted by molar-refractivity contribution is 4.89. The van der Waals surface area contributed by atoms with E-state index in [4.69, 9.17) is 5.26 Å². The zero-order chi connectivity index (χ0) is 10.4. The molecular formula is C11H21N3. The summed E-state index contributed by atoms with van der Waals surface area (Å²) in [5, 5.41) is 12.0. The zero-order valence-corrected chi connectivity index (χ0v) is 9.29. The van der Waals surface area contributed by atoms with E-state index in [-0.39, 0.29) is 6.04 Å². The van der Waals surface area contributed by atoms with Crippen molar-refractivity contribution in [1.29, 1.82) is 5.26 Å². The van der Waals surface area contributed by atoms with Gasteiger partial charge in [-0.25, -0.2) is 0 Å². The van der Waals surface area contributed by atoms with E-state index in [1.54, 1.807) is 0 Å². The van der Waals surface area contributed by atoms with Crippen molar-refractivity contribution in [2.45, 2.75) is 32.2 Å². The Hall–Kier alpha value is -0.590. The third kappa shape index (κ3) is 4.59. The average Bonchev–Trinajstić information content (AvgIpc) is 2.96. The lowest BCUT2D eigenvalue weighted by Crippen LogP contribution is -2.32. The quantitative estimate of drug-likeness (QED) is 0.664. The number of hydrogen-bond donors (Lipinski definition) is 1. The van der Waals surface area contributed by atoms with E-state index in [0.29, 0.717) is 0 Å². The van der Waals surface area contributed by atoms with Crippen LogP contribution < -0.4 is 5.32 Å². The van der Waals surface area contributed by atoms with Crippen molar-refractivity contribution >= 4 is 0 Å². The second-order valence-corrected chi connectivity index (χ2v) is 4.23. The Morgan fingerprint density at radius 3 is 2.79 bits per heavy atom. The molecule has 1 saturated carbocycles. The summed E-state index contributed by atoms with van der Waals surface area (Å²) >= 11 is 0. The van der Waals surface area contributed by atoms with Gasteiger partial charge in [0.2, 0.25) is 0 Å². The molecule has 1 atom stereocenters. The molecule has 1 fully saturated rings. The van der Waals surface area contributed by atoms with E-state index in [2.05, 4.69) is 23.3 Å². The van der Waals surface area contributed by atoms with Crippen molar-refractivity contribution < 1.29 is 0 Å². The molecule has 3 heteroatoms. The van der Waals surface area contributed by atoms with Crippen LogP contribution >= 0.6 is 0 Å². The van der Waals surface area contributed by atoms with E-state index in [1.807, 2.05) is 6.92 Å². The Kier molecular flexibility index (Phi) is 4.92. The molecule has 0 bridgehead atoms. The number of rotatable bonds is 7. The molecule has 80 valence electrons. The van der Waals surface area contributed by atoms with Crippen LogP contribution in [0.15, 0.2) is 0 Å². The minimum absolute atomic E-state index is 0.0293. The topological polar surface area (TPSA) is 39.1 Å². The third-order valence-electron chi connectivity index (χ3n) is 2.67. The molecule has 0 aromatic carbocycles. The summed E-state index contributed by atoms with van der Waals surface area (Å²) in [7, 11) is 2.15. The summed E-state index contributed by atoms with van der Waals surface area (Å²) in [6.07, 6.45) is 3.74. The van der Waals surface area contributed by atoms with Crippen LogP contribution in [0.1, 0.15) is 26.2 Å². The van der Waals surface area contributed by atoms with Crippen LogP contribution in [0, 0.1) is 17.2 Å². The van der Waals surface area contributed by atoms with Gasteiger partial charge in [0.15, 0.2) is 0 Å². The molecule has 3 nitrogen and oxygen atoms in total. The molecule has 14 heavy (non-hydrogen) atoms. The van der Waals surface area contributed by atoms with Gasteiger partial charge < -0.3 is 10.2 Å². The van der Waals surface area contributed by atoms with Crippen LogP contribution in [0.5, 0.6) is 0 Å². The Morgan fingerprint density at radius 1 is 1.57 bits per heavy atom. The van der Waals surface area contributed by atoms with Gasteiger partial charge in [0.25, 0.3) is 0 Å².